The Morgan fingerprint density at radius 3 is 2.42 bits per heavy atom. The highest BCUT2D eigenvalue weighted by Crippen LogP contribution is 2.39. The minimum absolute atomic E-state index is 0.127. The van der Waals surface area contributed by atoms with E-state index >= 15 is 0 Å². The van der Waals surface area contributed by atoms with Crippen LogP contribution in [0.4, 0.5) is 11.4 Å². The van der Waals surface area contributed by atoms with Crippen molar-refractivity contribution in [2.24, 2.45) is 0 Å². The Labute approximate surface area is 195 Å². The molecule has 0 bridgehead atoms. The molecule has 0 unspecified atom stereocenters. The second-order valence-electron chi connectivity index (χ2n) is 7.36. The van der Waals surface area contributed by atoms with Gasteiger partial charge in [-0.25, -0.2) is 4.90 Å². The van der Waals surface area contributed by atoms with E-state index in [1.165, 1.54) is 7.11 Å². The maximum atomic E-state index is 13.6. The summed E-state index contributed by atoms with van der Waals surface area (Å²) < 4.78 is 16.6. The number of amides is 2. The number of ether oxygens (including phenoxy) is 3. The van der Waals surface area contributed by atoms with E-state index in [0.717, 1.165) is 4.90 Å². The minimum atomic E-state index is -0.502. The van der Waals surface area contributed by atoms with E-state index in [-0.39, 0.29) is 11.3 Å². The van der Waals surface area contributed by atoms with Crippen molar-refractivity contribution in [3.05, 3.63) is 83.0 Å². The fourth-order valence-corrected chi connectivity index (χ4v) is 4.01. The smallest absolute Gasteiger partial charge is 0.282 e. The van der Waals surface area contributed by atoms with Gasteiger partial charge in [0, 0.05) is 11.1 Å². The van der Waals surface area contributed by atoms with Crippen LogP contribution >= 0.6 is 11.6 Å². The number of hydrogen-bond acceptors (Lipinski definition) is 6. The van der Waals surface area contributed by atoms with E-state index in [1.807, 2.05) is 18.2 Å². The molecule has 1 N–H and O–H groups in total. The van der Waals surface area contributed by atoms with Crippen molar-refractivity contribution < 1.29 is 23.8 Å². The third-order valence-electron chi connectivity index (χ3n) is 5.35. The van der Waals surface area contributed by atoms with Crippen molar-refractivity contribution in [1.82, 2.24) is 0 Å². The van der Waals surface area contributed by atoms with Gasteiger partial charge in [0.2, 0.25) is 0 Å². The monoisotopic (exact) mass is 462 g/mol. The predicted molar refractivity (Wildman–Crippen MR) is 125 cm³/mol. The van der Waals surface area contributed by atoms with Crippen molar-refractivity contribution >= 4 is 40.4 Å². The van der Waals surface area contributed by atoms with Crippen molar-refractivity contribution in [2.45, 2.75) is 0 Å². The number of halogens is 1. The average molecular weight is 463 g/mol. The van der Waals surface area contributed by atoms with Gasteiger partial charge in [0.1, 0.15) is 24.7 Å². The molecule has 0 fully saturated rings. The summed E-state index contributed by atoms with van der Waals surface area (Å²) in [6, 6.07) is 19.0. The molecule has 3 aromatic rings. The number of nitrogens with one attached hydrogen (secondary N) is 1. The number of benzene rings is 3. The summed E-state index contributed by atoms with van der Waals surface area (Å²) in [5.74, 6) is 0.585. The van der Waals surface area contributed by atoms with Gasteiger partial charge in [-0.05, 0) is 35.9 Å². The van der Waals surface area contributed by atoms with E-state index in [0.29, 0.717) is 52.4 Å². The summed E-state index contributed by atoms with van der Waals surface area (Å²) in [5, 5.41) is 3.55. The van der Waals surface area contributed by atoms with Crippen LogP contribution in [-0.2, 0) is 9.59 Å². The zero-order valence-corrected chi connectivity index (χ0v) is 18.4. The summed E-state index contributed by atoms with van der Waals surface area (Å²) in [6.07, 6.45) is 0. The Morgan fingerprint density at radius 1 is 0.909 bits per heavy atom. The average Bonchev–Trinajstić information content (AvgIpc) is 3.08. The van der Waals surface area contributed by atoms with E-state index in [1.54, 1.807) is 48.5 Å². The lowest BCUT2D eigenvalue weighted by Crippen LogP contribution is -2.32. The third kappa shape index (κ3) is 3.76. The summed E-state index contributed by atoms with van der Waals surface area (Å²) in [5.41, 5.74) is 1.84. The van der Waals surface area contributed by atoms with Gasteiger partial charge in [-0.2, -0.15) is 0 Å². The summed E-state index contributed by atoms with van der Waals surface area (Å²) in [7, 11) is 1.52. The van der Waals surface area contributed by atoms with E-state index in [9.17, 15) is 9.59 Å². The molecule has 7 nitrogen and oxygen atoms in total. The first-order valence-corrected chi connectivity index (χ1v) is 10.6. The summed E-state index contributed by atoms with van der Waals surface area (Å²) >= 11 is 6.17. The predicted octanol–water partition coefficient (Wildman–Crippen LogP) is 4.52. The molecule has 2 aliphatic heterocycles. The number of hydrogen-bond donors (Lipinski definition) is 1. The van der Waals surface area contributed by atoms with Gasteiger partial charge < -0.3 is 19.5 Å². The van der Waals surface area contributed by atoms with Crippen LogP contribution in [0.15, 0.2) is 72.4 Å². The highest BCUT2D eigenvalue weighted by Gasteiger charge is 2.41. The number of imide groups is 1. The first-order valence-electron chi connectivity index (χ1n) is 10.3. The number of methoxy groups -OCH3 is 1. The number of nitrogens with zero attached hydrogens (tertiary/aromatic N) is 1. The molecule has 0 atom stereocenters. The molecule has 2 amide bonds. The van der Waals surface area contributed by atoms with Gasteiger partial charge in [0.15, 0.2) is 11.5 Å². The van der Waals surface area contributed by atoms with E-state index in [2.05, 4.69) is 5.32 Å². The number of carbonyl (C=O) groups excluding carboxylic acids is 2. The molecule has 0 aromatic heterocycles. The van der Waals surface area contributed by atoms with Gasteiger partial charge in [0.25, 0.3) is 11.8 Å². The largest absolute Gasteiger partial charge is 0.495 e. The molecule has 0 spiro atoms. The van der Waals surface area contributed by atoms with Crippen LogP contribution in [0.25, 0.3) is 5.57 Å². The molecular formula is C25H19ClN2O5. The molecule has 166 valence electrons. The quantitative estimate of drug-likeness (QED) is 0.562. The van der Waals surface area contributed by atoms with Gasteiger partial charge in [-0.1, -0.05) is 41.9 Å². The topological polar surface area (TPSA) is 77.1 Å². The fraction of sp³-hybridized carbons (Fsp3) is 0.120. The molecular weight excluding hydrogens is 444 g/mol. The Hall–Kier alpha value is -3.97. The normalized spacial score (nSPS) is 15.2. The SMILES string of the molecule is COc1ccc(Cl)cc1NC1=C(c2ccccc2)C(=O)N(c2ccc3c(c2)OCCO3)C1=O. The van der Waals surface area contributed by atoms with Crippen molar-refractivity contribution in [3.63, 3.8) is 0 Å². The number of carbonyl (C=O) groups is 2. The fourth-order valence-electron chi connectivity index (χ4n) is 3.84. The molecule has 3 aromatic carbocycles. The van der Waals surface area contributed by atoms with Crippen LogP contribution < -0.4 is 24.4 Å². The van der Waals surface area contributed by atoms with Crippen molar-refractivity contribution in [2.75, 3.05) is 30.5 Å². The summed E-state index contributed by atoms with van der Waals surface area (Å²) in [6.45, 7) is 0.844. The standard InChI is InChI=1S/C25H19ClN2O5/c1-31-19-9-7-16(26)13-18(19)27-23-22(15-5-3-2-4-6-15)24(29)28(25(23)30)17-8-10-20-21(14-17)33-12-11-32-20/h2-10,13-14,27H,11-12H2,1H3. The van der Waals surface area contributed by atoms with Gasteiger partial charge in [0.05, 0.1) is 24.1 Å². The Morgan fingerprint density at radius 2 is 1.67 bits per heavy atom. The lowest BCUT2D eigenvalue weighted by molar-refractivity contribution is -0.120. The van der Waals surface area contributed by atoms with Crippen LogP contribution in [0.1, 0.15) is 5.56 Å². The Bertz CT molecular complexity index is 1290. The second-order valence-corrected chi connectivity index (χ2v) is 7.80. The van der Waals surface area contributed by atoms with E-state index in [4.69, 9.17) is 25.8 Å². The first kappa shape index (κ1) is 20.9. The zero-order chi connectivity index (χ0) is 22.9. The van der Waals surface area contributed by atoms with Gasteiger partial charge in [-0.3, -0.25) is 9.59 Å². The molecule has 0 aliphatic carbocycles. The highest BCUT2D eigenvalue weighted by molar-refractivity contribution is 6.46. The van der Waals surface area contributed by atoms with Crippen LogP contribution in [0.3, 0.4) is 0 Å². The number of anilines is 2. The number of fused-ring (bicyclic) bond motifs is 1. The minimum Gasteiger partial charge on any atom is -0.495 e. The molecule has 2 aliphatic rings. The molecule has 5 rings (SSSR count). The number of rotatable bonds is 5. The highest BCUT2D eigenvalue weighted by atomic mass is 35.5. The lowest BCUT2D eigenvalue weighted by atomic mass is 10.0. The lowest BCUT2D eigenvalue weighted by Gasteiger charge is -2.21. The van der Waals surface area contributed by atoms with E-state index < -0.39 is 11.8 Å². The Balaban J connectivity index is 1.60. The molecule has 2 heterocycles. The van der Waals surface area contributed by atoms with Crippen LogP contribution in [-0.4, -0.2) is 32.1 Å². The molecule has 0 saturated carbocycles. The zero-order valence-electron chi connectivity index (χ0n) is 17.6. The Kier molecular flexibility index (Phi) is 5.40. The maximum absolute atomic E-state index is 13.6. The van der Waals surface area contributed by atoms with Crippen molar-refractivity contribution in [3.8, 4) is 17.2 Å². The molecule has 8 heteroatoms. The molecule has 33 heavy (non-hydrogen) atoms. The summed E-state index contributed by atoms with van der Waals surface area (Å²) in [4.78, 5) is 28.3. The third-order valence-corrected chi connectivity index (χ3v) is 5.59. The van der Waals surface area contributed by atoms with Gasteiger partial charge in [-0.15, -0.1) is 0 Å². The van der Waals surface area contributed by atoms with Crippen LogP contribution in [0.5, 0.6) is 17.2 Å². The first-order chi connectivity index (χ1) is 16.1. The van der Waals surface area contributed by atoms with Crippen LogP contribution in [0.2, 0.25) is 5.02 Å². The maximum Gasteiger partial charge on any atom is 0.282 e. The molecule has 0 saturated heterocycles. The van der Waals surface area contributed by atoms with Gasteiger partial charge >= 0.3 is 0 Å². The van der Waals surface area contributed by atoms with Crippen LogP contribution in [0, 0.1) is 0 Å². The molecule has 0 radical (unpaired) electrons. The second kappa shape index (κ2) is 8.52. The van der Waals surface area contributed by atoms with Crippen molar-refractivity contribution in [1.29, 1.82) is 0 Å².